The number of likely N-dealkylation sites (tertiary alicyclic amines) is 1. The van der Waals surface area contributed by atoms with Gasteiger partial charge in [-0.2, -0.15) is 0 Å². The van der Waals surface area contributed by atoms with E-state index in [1.165, 1.54) is 6.92 Å². The smallest absolute Gasteiger partial charge is 0.324 e. The molecule has 2 N–H and O–H groups in total. The number of piperidine rings is 2. The van der Waals surface area contributed by atoms with E-state index < -0.39 is 17.3 Å². The van der Waals surface area contributed by atoms with Gasteiger partial charge in [-0.05, 0) is 25.7 Å². The highest BCUT2D eigenvalue weighted by Crippen LogP contribution is 2.25. The van der Waals surface area contributed by atoms with Crippen molar-refractivity contribution in [2.24, 2.45) is 5.92 Å². The number of imide groups is 1. The lowest BCUT2D eigenvalue weighted by molar-refractivity contribution is -0.125. The van der Waals surface area contributed by atoms with Crippen molar-refractivity contribution in [2.45, 2.75) is 37.6 Å². The molecule has 106 valence electrons. The second-order valence-electron chi connectivity index (χ2n) is 5.12. The molecule has 0 aliphatic carbocycles. The predicted octanol–water partition coefficient (Wildman–Crippen LogP) is 0.450. The van der Waals surface area contributed by atoms with Gasteiger partial charge in [0.15, 0.2) is 0 Å². The summed E-state index contributed by atoms with van der Waals surface area (Å²) in [6, 6.07) is -0.235. The molecular weight excluding hydrogens is 270 g/mol. The third-order valence-electron chi connectivity index (χ3n) is 3.70. The molecule has 2 aliphatic rings. The van der Waals surface area contributed by atoms with Crippen molar-refractivity contribution in [1.29, 1.82) is 0 Å². The zero-order valence-electron chi connectivity index (χ0n) is 10.8. The Balaban J connectivity index is 1.88. The molecule has 0 spiro atoms. The van der Waals surface area contributed by atoms with E-state index in [4.69, 9.17) is 11.6 Å². The Bertz CT molecular complexity index is 400. The molecule has 0 radical (unpaired) electrons. The molecule has 0 saturated carbocycles. The standard InChI is InChI=1S/C12H18ClN3O3/c1-7(13)11(18)15-12(19)16-5-4-9-8(6-16)2-3-10(17)14-9/h7-9H,2-6H2,1H3,(H,14,17)(H,15,18,19). The third kappa shape index (κ3) is 3.37. The third-order valence-corrected chi connectivity index (χ3v) is 3.90. The van der Waals surface area contributed by atoms with Crippen LogP contribution in [0.5, 0.6) is 0 Å². The minimum absolute atomic E-state index is 0.0882. The molecule has 0 aromatic carbocycles. The highest BCUT2D eigenvalue weighted by Gasteiger charge is 2.35. The highest BCUT2D eigenvalue weighted by molar-refractivity contribution is 6.31. The van der Waals surface area contributed by atoms with E-state index in [2.05, 4.69) is 10.6 Å². The lowest BCUT2D eigenvalue weighted by Crippen LogP contribution is -2.57. The van der Waals surface area contributed by atoms with Gasteiger partial charge in [0, 0.05) is 25.6 Å². The fourth-order valence-corrected chi connectivity index (χ4v) is 2.63. The van der Waals surface area contributed by atoms with Crippen LogP contribution >= 0.6 is 11.6 Å². The summed E-state index contributed by atoms with van der Waals surface area (Å²) in [5.74, 6) is -0.114. The summed E-state index contributed by atoms with van der Waals surface area (Å²) in [6.07, 6.45) is 2.03. The number of amides is 4. The maximum atomic E-state index is 11.9. The average Bonchev–Trinajstić information content (AvgIpc) is 2.37. The molecule has 2 rings (SSSR count). The van der Waals surface area contributed by atoms with Crippen LogP contribution in [0.15, 0.2) is 0 Å². The van der Waals surface area contributed by atoms with Gasteiger partial charge in [-0.3, -0.25) is 14.9 Å². The van der Waals surface area contributed by atoms with Crippen molar-refractivity contribution in [2.75, 3.05) is 13.1 Å². The van der Waals surface area contributed by atoms with Gasteiger partial charge in [0.05, 0.1) is 0 Å². The number of hydrogen-bond donors (Lipinski definition) is 2. The molecule has 3 atom stereocenters. The van der Waals surface area contributed by atoms with Crippen molar-refractivity contribution >= 4 is 29.4 Å². The van der Waals surface area contributed by atoms with Gasteiger partial charge in [-0.25, -0.2) is 4.79 Å². The first-order valence-corrected chi connectivity index (χ1v) is 6.94. The van der Waals surface area contributed by atoms with Crippen LogP contribution in [0.3, 0.4) is 0 Å². The van der Waals surface area contributed by atoms with Gasteiger partial charge in [-0.15, -0.1) is 11.6 Å². The normalized spacial score (nSPS) is 28.1. The Kier molecular flexibility index (Phi) is 4.29. The summed E-state index contributed by atoms with van der Waals surface area (Å²) in [5, 5.41) is 4.51. The number of alkyl halides is 1. The molecule has 0 aromatic rings. The van der Waals surface area contributed by atoms with Crippen molar-refractivity contribution in [3.05, 3.63) is 0 Å². The van der Waals surface area contributed by atoms with Crippen molar-refractivity contribution in [1.82, 2.24) is 15.5 Å². The van der Waals surface area contributed by atoms with Crippen LogP contribution in [0.2, 0.25) is 0 Å². The van der Waals surface area contributed by atoms with E-state index in [1.807, 2.05) is 0 Å². The van der Waals surface area contributed by atoms with Crippen LogP contribution in [0.1, 0.15) is 26.2 Å². The zero-order valence-corrected chi connectivity index (χ0v) is 11.6. The lowest BCUT2D eigenvalue weighted by atomic mass is 9.85. The second kappa shape index (κ2) is 5.77. The van der Waals surface area contributed by atoms with Gasteiger partial charge in [-0.1, -0.05) is 0 Å². The molecule has 19 heavy (non-hydrogen) atoms. The number of hydrogen-bond acceptors (Lipinski definition) is 3. The van der Waals surface area contributed by atoms with Crippen molar-refractivity contribution in [3.8, 4) is 0 Å². The summed E-state index contributed by atoms with van der Waals surface area (Å²) in [7, 11) is 0. The van der Waals surface area contributed by atoms with E-state index in [0.717, 1.165) is 12.8 Å². The van der Waals surface area contributed by atoms with E-state index in [0.29, 0.717) is 19.5 Å². The summed E-state index contributed by atoms with van der Waals surface area (Å²) in [6.45, 7) is 2.63. The Labute approximate surface area is 116 Å². The van der Waals surface area contributed by atoms with Crippen molar-refractivity contribution < 1.29 is 14.4 Å². The monoisotopic (exact) mass is 287 g/mol. The van der Waals surface area contributed by atoms with Gasteiger partial charge in [0.2, 0.25) is 11.8 Å². The number of carbonyl (C=O) groups is 3. The summed E-state index contributed by atoms with van der Waals surface area (Å²) >= 11 is 5.61. The first kappa shape index (κ1) is 14.1. The van der Waals surface area contributed by atoms with Gasteiger partial charge in [0.1, 0.15) is 5.38 Å². The minimum atomic E-state index is -0.726. The van der Waals surface area contributed by atoms with E-state index in [-0.39, 0.29) is 17.9 Å². The SMILES string of the molecule is CC(Cl)C(=O)NC(=O)N1CCC2NC(=O)CCC2C1. The number of fused-ring (bicyclic) bond motifs is 1. The molecule has 0 bridgehead atoms. The topological polar surface area (TPSA) is 78.5 Å². The van der Waals surface area contributed by atoms with Crippen molar-refractivity contribution in [3.63, 3.8) is 0 Å². The number of nitrogens with one attached hydrogen (secondary N) is 2. The Morgan fingerprint density at radius 2 is 2.21 bits per heavy atom. The Hall–Kier alpha value is -1.30. The van der Waals surface area contributed by atoms with Gasteiger partial charge in [0.25, 0.3) is 0 Å². The molecule has 2 saturated heterocycles. The quantitative estimate of drug-likeness (QED) is 0.687. The Morgan fingerprint density at radius 1 is 1.47 bits per heavy atom. The van der Waals surface area contributed by atoms with Crippen LogP contribution in [-0.2, 0) is 9.59 Å². The fourth-order valence-electron chi connectivity index (χ4n) is 2.58. The number of urea groups is 1. The second-order valence-corrected chi connectivity index (χ2v) is 5.77. The zero-order chi connectivity index (χ0) is 14.0. The molecular formula is C12H18ClN3O3. The van der Waals surface area contributed by atoms with Gasteiger partial charge >= 0.3 is 6.03 Å². The Morgan fingerprint density at radius 3 is 2.89 bits per heavy atom. The number of carbonyl (C=O) groups excluding carboxylic acids is 3. The molecule has 6 nitrogen and oxygen atoms in total. The first-order valence-electron chi connectivity index (χ1n) is 6.50. The number of rotatable bonds is 1. The first-order chi connectivity index (χ1) is 8.97. The molecule has 4 amide bonds. The molecule has 0 aromatic heterocycles. The molecule has 3 unspecified atom stereocenters. The largest absolute Gasteiger partial charge is 0.353 e. The minimum Gasteiger partial charge on any atom is -0.353 e. The van der Waals surface area contributed by atoms with Crippen LogP contribution in [0.25, 0.3) is 0 Å². The molecule has 2 aliphatic heterocycles. The maximum Gasteiger partial charge on any atom is 0.324 e. The van der Waals surface area contributed by atoms with Crippen LogP contribution in [-0.4, -0.2) is 47.3 Å². The lowest BCUT2D eigenvalue weighted by Gasteiger charge is -2.41. The van der Waals surface area contributed by atoms with E-state index in [1.54, 1.807) is 4.90 Å². The predicted molar refractivity (Wildman–Crippen MR) is 69.7 cm³/mol. The van der Waals surface area contributed by atoms with E-state index >= 15 is 0 Å². The highest BCUT2D eigenvalue weighted by atomic mass is 35.5. The summed E-state index contributed by atoms with van der Waals surface area (Å²) < 4.78 is 0. The number of halogens is 1. The van der Waals surface area contributed by atoms with Crippen LogP contribution < -0.4 is 10.6 Å². The summed E-state index contributed by atoms with van der Waals surface area (Å²) in [5.41, 5.74) is 0. The average molecular weight is 288 g/mol. The van der Waals surface area contributed by atoms with Gasteiger partial charge < -0.3 is 10.2 Å². The molecule has 7 heteroatoms. The van der Waals surface area contributed by atoms with Crippen LogP contribution in [0, 0.1) is 5.92 Å². The molecule has 2 fully saturated rings. The molecule has 2 heterocycles. The fraction of sp³-hybridized carbons (Fsp3) is 0.750. The number of nitrogens with zero attached hydrogens (tertiary/aromatic N) is 1. The van der Waals surface area contributed by atoms with E-state index in [9.17, 15) is 14.4 Å². The van der Waals surface area contributed by atoms with Crippen LogP contribution in [0.4, 0.5) is 4.79 Å². The summed E-state index contributed by atoms with van der Waals surface area (Å²) in [4.78, 5) is 36.2. The maximum absolute atomic E-state index is 11.9.